The van der Waals surface area contributed by atoms with E-state index in [0.29, 0.717) is 10.7 Å². The predicted molar refractivity (Wildman–Crippen MR) is 112 cm³/mol. The van der Waals surface area contributed by atoms with Gasteiger partial charge in [-0.3, -0.25) is 14.6 Å². The number of carbonyl (C=O) groups excluding carboxylic acids is 1. The van der Waals surface area contributed by atoms with Crippen molar-refractivity contribution in [3.63, 3.8) is 0 Å². The van der Waals surface area contributed by atoms with E-state index in [4.69, 9.17) is 0 Å². The fourth-order valence-electron chi connectivity index (χ4n) is 2.88. The first-order chi connectivity index (χ1) is 14.2. The smallest absolute Gasteiger partial charge is 0.279 e. The number of hydrogen-bond donors (Lipinski definition) is 2. The minimum atomic E-state index is -0.346. The molecule has 0 aliphatic rings. The van der Waals surface area contributed by atoms with Crippen LogP contribution in [0.1, 0.15) is 12.5 Å². The van der Waals surface area contributed by atoms with Gasteiger partial charge in [-0.15, -0.1) is 10.2 Å². The van der Waals surface area contributed by atoms with Gasteiger partial charge in [0.1, 0.15) is 0 Å². The second-order valence-electron chi connectivity index (χ2n) is 6.23. The van der Waals surface area contributed by atoms with Gasteiger partial charge >= 0.3 is 0 Å². The summed E-state index contributed by atoms with van der Waals surface area (Å²) in [5.41, 5.74) is 2.49. The van der Waals surface area contributed by atoms with E-state index in [0.717, 1.165) is 17.7 Å². The summed E-state index contributed by atoms with van der Waals surface area (Å²) in [7, 11) is 0. The Hall–Kier alpha value is -3.46. The van der Waals surface area contributed by atoms with Gasteiger partial charge in [-0.05, 0) is 18.1 Å². The average Bonchev–Trinajstić information content (AvgIpc) is 3.14. The molecule has 0 aliphatic heterocycles. The molecule has 0 radical (unpaired) electrons. The molecule has 2 aromatic heterocycles. The number of aryl methyl sites for hydroxylation is 1. The van der Waals surface area contributed by atoms with E-state index in [1.54, 1.807) is 12.1 Å². The number of aromatic amines is 1. The van der Waals surface area contributed by atoms with Crippen molar-refractivity contribution in [3.05, 3.63) is 70.5 Å². The molecule has 0 saturated carbocycles. The van der Waals surface area contributed by atoms with Crippen molar-refractivity contribution < 1.29 is 4.79 Å². The van der Waals surface area contributed by atoms with E-state index in [1.807, 2.05) is 49.4 Å². The molecule has 29 heavy (non-hydrogen) atoms. The Morgan fingerprint density at radius 1 is 1.10 bits per heavy atom. The molecule has 8 nitrogen and oxygen atoms in total. The second kappa shape index (κ2) is 8.27. The maximum Gasteiger partial charge on any atom is 0.279 e. The van der Waals surface area contributed by atoms with Gasteiger partial charge in [0.2, 0.25) is 11.1 Å². The highest BCUT2D eigenvalue weighted by Gasteiger charge is 2.15. The highest BCUT2D eigenvalue weighted by molar-refractivity contribution is 7.99. The summed E-state index contributed by atoms with van der Waals surface area (Å²) in [6.07, 6.45) is 0.831. The van der Waals surface area contributed by atoms with Crippen LogP contribution in [-0.4, -0.2) is 36.5 Å². The maximum atomic E-state index is 12.4. The molecule has 0 aliphatic carbocycles. The molecule has 0 unspecified atom stereocenters. The van der Waals surface area contributed by atoms with Crippen molar-refractivity contribution in [2.75, 3.05) is 11.1 Å². The summed E-state index contributed by atoms with van der Waals surface area (Å²) < 4.78 is 1.45. The van der Waals surface area contributed by atoms with Gasteiger partial charge in [0.15, 0.2) is 5.69 Å². The zero-order valence-corrected chi connectivity index (χ0v) is 16.4. The first-order valence-electron chi connectivity index (χ1n) is 9.07. The number of thioether (sulfide) groups is 1. The number of nitrogens with zero attached hydrogens (tertiary/aromatic N) is 4. The van der Waals surface area contributed by atoms with Crippen LogP contribution in [0.25, 0.3) is 17.0 Å². The first kappa shape index (κ1) is 18.9. The number of nitrogens with one attached hydrogen (secondary N) is 2. The fourth-order valence-corrected chi connectivity index (χ4v) is 3.56. The average molecular weight is 406 g/mol. The summed E-state index contributed by atoms with van der Waals surface area (Å²) in [6.45, 7) is 2.04. The third-order valence-electron chi connectivity index (χ3n) is 4.30. The second-order valence-corrected chi connectivity index (χ2v) is 7.18. The van der Waals surface area contributed by atoms with E-state index in [2.05, 4.69) is 25.6 Å². The summed E-state index contributed by atoms with van der Waals surface area (Å²) in [5, 5.41) is 15.7. The van der Waals surface area contributed by atoms with E-state index >= 15 is 0 Å². The minimum Gasteiger partial charge on any atom is -0.325 e. The maximum absolute atomic E-state index is 12.4. The summed E-state index contributed by atoms with van der Waals surface area (Å²) in [4.78, 5) is 27.4. The molecular weight excluding hydrogens is 388 g/mol. The highest BCUT2D eigenvalue weighted by atomic mass is 32.2. The number of fused-ring (bicyclic) bond motifs is 1. The van der Waals surface area contributed by atoms with Crippen LogP contribution >= 0.6 is 11.8 Å². The van der Waals surface area contributed by atoms with Gasteiger partial charge < -0.3 is 5.32 Å². The third kappa shape index (κ3) is 4.04. The SMILES string of the molecule is CCc1ccccc1NC(=O)CSc1nnc2[nH]c(=O)c(-c3ccccc3)nn12. The monoisotopic (exact) mass is 406 g/mol. The Morgan fingerprint density at radius 2 is 1.86 bits per heavy atom. The zero-order valence-electron chi connectivity index (χ0n) is 15.6. The standard InChI is InChI=1S/C20H18N6O2S/c1-2-13-8-6-7-11-15(13)21-16(27)12-29-20-24-23-19-22-18(28)17(25-26(19)20)14-9-4-3-5-10-14/h3-11H,2,12H2,1H3,(H,21,27)(H,22,23,28). The summed E-state index contributed by atoms with van der Waals surface area (Å²) in [5.74, 6) is 0.217. The topological polar surface area (TPSA) is 105 Å². The van der Waals surface area contributed by atoms with Crippen molar-refractivity contribution in [1.82, 2.24) is 24.8 Å². The van der Waals surface area contributed by atoms with Crippen molar-refractivity contribution >= 4 is 29.1 Å². The van der Waals surface area contributed by atoms with Crippen LogP contribution in [0.3, 0.4) is 0 Å². The highest BCUT2D eigenvalue weighted by Crippen LogP contribution is 2.19. The number of H-pyrrole nitrogens is 1. The lowest BCUT2D eigenvalue weighted by Gasteiger charge is -2.09. The number of amides is 1. The largest absolute Gasteiger partial charge is 0.325 e. The number of para-hydroxylation sites is 1. The third-order valence-corrected chi connectivity index (χ3v) is 5.22. The van der Waals surface area contributed by atoms with Crippen LogP contribution in [0.4, 0.5) is 5.69 Å². The van der Waals surface area contributed by atoms with Gasteiger partial charge in [-0.1, -0.05) is 67.2 Å². The van der Waals surface area contributed by atoms with Crippen LogP contribution in [0.5, 0.6) is 0 Å². The van der Waals surface area contributed by atoms with E-state index in [-0.39, 0.29) is 28.7 Å². The molecular formula is C20H18N6O2S. The number of aromatic nitrogens is 5. The molecule has 0 atom stereocenters. The Morgan fingerprint density at radius 3 is 2.66 bits per heavy atom. The van der Waals surface area contributed by atoms with Crippen molar-refractivity contribution in [2.24, 2.45) is 0 Å². The summed E-state index contributed by atoms with van der Waals surface area (Å²) in [6, 6.07) is 16.8. The molecule has 4 aromatic rings. The van der Waals surface area contributed by atoms with E-state index < -0.39 is 0 Å². The summed E-state index contributed by atoms with van der Waals surface area (Å²) >= 11 is 1.20. The Bertz CT molecular complexity index is 1220. The van der Waals surface area contributed by atoms with Gasteiger partial charge in [0.05, 0.1) is 5.75 Å². The van der Waals surface area contributed by atoms with Crippen molar-refractivity contribution in [3.8, 4) is 11.3 Å². The number of carbonyl (C=O) groups is 1. The number of anilines is 1. The molecule has 1 amide bonds. The van der Waals surface area contributed by atoms with Gasteiger partial charge in [-0.25, -0.2) is 0 Å². The number of rotatable bonds is 6. The molecule has 0 bridgehead atoms. The predicted octanol–water partition coefficient (Wildman–Crippen LogP) is 2.77. The van der Waals surface area contributed by atoms with Gasteiger partial charge in [0.25, 0.3) is 11.3 Å². The van der Waals surface area contributed by atoms with Crippen LogP contribution in [0, 0.1) is 0 Å². The molecule has 4 rings (SSSR count). The molecule has 2 N–H and O–H groups in total. The lowest BCUT2D eigenvalue weighted by molar-refractivity contribution is -0.113. The minimum absolute atomic E-state index is 0.139. The lowest BCUT2D eigenvalue weighted by atomic mass is 10.1. The van der Waals surface area contributed by atoms with Crippen LogP contribution in [0.2, 0.25) is 0 Å². The lowest BCUT2D eigenvalue weighted by Crippen LogP contribution is -2.17. The molecule has 9 heteroatoms. The van der Waals surface area contributed by atoms with E-state index in [1.165, 1.54) is 16.3 Å². The van der Waals surface area contributed by atoms with Gasteiger partial charge in [-0.2, -0.15) is 9.61 Å². The van der Waals surface area contributed by atoms with E-state index in [9.17, 15) is 9.59 Å². The van der Waals surface area contributed by atoms with Gasteiger partial charge in [0, 0.05) is 11.3 Å². The number of hydrogen-bond acceptors (Lipinski definition) is 6. The normalized spacial score (nSPS) is 10.9. The molecule has 146 valence electrons. The fraction of sp³-hybridized carbons (Fsp3) is 0.150. The molecule has 2 heterocycles. The first-order valence-corrected chi connectivity index (χ1v) is 10.1. The van der Waals surface area contributed by atoms with Crippen molar-refractivity contribution in [1.29, 1.82) is 0 Å². The Labute approximate surface area is 170 Å². The molecule has 0 saturated heterocycles. The Balaban J connectivity index is 1.54. The molecule has 0 fully saturated rings. The Kier molecular flexibility index (Phi) is 5.39. The number of benzene rings is 2. The van der Waals surface area contributed by atoms with Crippen molar-refractivity contribution in [2.45, 2.75) is 18.5 Å². The van der Waals surface area contributed by atoms with Crippen LogP contribution < -0.4 is 10.9 Å². The molecule has 0 spiro atoms. The van der Waals surface area contributed by atoms with Crippen LogP contribution in [0.15, 0.2) is 64.5 Å². The molecule has 2 aromatic carbocycles. The quantitative estimate of drug-likeness (QED) is 0.477. The van der Waals surface area contributed by atoms with Crippen LogP contribution in [-0.2, 0) is 11.2 Å². The zero-order chi connectivity index (χ0) is 20.2.